The van der Waals surface area contributed by atoms with Crippen LogP contribution >= 0.6 is 0 Å². The van der Waals surface area contributed by atoms with Crippen molar-refractivity contribution in [2.24, 2.45) is 63.0 Å². The molecule has 14 rings (SSSR count). The lowest BCUT2D eigenvalue weighted by Gasteiger charge is -2.53. The van der Waals surface area contributed by atoms with E-state index in [4.69, 9.17) is 29.7 Å². The van der Waals surface area contributed by atoms with Crippen LogP contribution < -0.4 is 25.3 Å². The molecule has 1 saturated heterocycles. The molecule has 3 aromatic carbocycles. The average molecular weight is 1130 g/mol. The van der Waals surface area contributed by atoms with Crippen molar-refractivity contribution in [3.8, 4) is 39.9 Å². The zero-order valence-electron chi connectivity index (χ0n) is 50.1. The lowest BCUT2D eigenvalue weighted by Crippen LogP contribution is -2.54. The highest BCUT2D eigenvalue weighted by Crippen LogP contribution is 2.64. The second-order valence-corrected chi connectivity index (χ2v) is 27.8. The third-order valence-electron chi connectivity index (χ3n) is 22.3. The summed E-state index contributed by atoms with van der Waals surface area (Å²) in [6.45, 7) is 10.6. The lowest BCUT2D eigenvalue weighted by molar-refractivity contribution is -0.174. The van der Waals surface area contributed by atoms with Crippen molar-refractivity contribution in [3.05, 3.63) is 76.4 Å². The molecule has 14 unspecified atom stereocenters. The number of nitrogens with one attached hydrogen (secondary N) is 1. The summed E-state index contributed by atoms with van der Waals surface area (Å²) in [5.74, 6) is 3.53. The van der Waals surface area contributed by atoms with Gasteiger partial charge in [-0.1, -0.05) is 90.9 Å². The number of phenolic OH excluding ortho intramolecular Hbond substituents is 2. The Kier molecular flexibility index (Phi) is 17.9. The van der Waals surface area contributed by atoms with E-state index in [1.165, 1.54) is 6.42 Å². The molecule has 6 heterocycles. The third-order valence-corrected chi connectivity index (χ3v) is 22.3. The number of aromatic hydroxyl groups is 2. The van der Waals surface area contributed by atoms with Crippen LogP contribution in [0.5, 0.6) is 28.7 Å². The predicted molar refractivity (Wildman–Crippen MR) is 322 cm³/mol. The van der Waals surface area contributed by atoms with E-state index in [2.05, 4.69) is 51.2 Å². The van der Waals surface area contributed by atoms with Crippen molar-refractivity contribution in [2.75, 3.05) is 33.4 Å². The molecule has 82 heavy (non-hydrogen) atoms. The van der Waals surface area contributed by atoms with E-state index < -0.39 is 23.9 Å². The number of allylic oxidation sites excluding steroid dienone is 2. The molecule has 6 aliphatic heterocycles. The van der Waals surface area contributed by atoms with Gasteiger partial charge in [0.2, 0.25) is 0 Å². The summed E-state index contributed by atoms with van der Waals surface area (Å²) >= 11 is 0. The van der Waals surface area contributed by atoms with E-state index in [9.17, 15) is 30.6 Å². The van der Waals surface area contributed by atoms with Gasteiger partial charge in [-0.05, 0) is 201 Å². The Balaban J connectivity index is 1.02. The van der Waals surface area contributed by atoms with Crippen LogP contribution in [-0.2, 0) is 24.0 Å². The summed E-state index contributed by atoms with van der Waals surface area (Å²) in [7, 11) is 1.72. The number of guanidine groups is 1. The molecule has 0 aromatic heterocycles. The summed E-state index contributed by atoms with van der Waals surface area (Å²) in [6.07, 6.45) is 21.8. The SMILES string of the molecule is CCCCCC(C)C1CC2C=CC1CC(O)CC1(CCCC13CCOC(C1(O)CCCC1)C3)CN=C(N)NCCC1C(CO)CCCC1Oc1cc(ccc1O)C1Oc3cc(OC)c4c(c3CC1O)C2Cc1cc(O)c(CC(C)C)cc1-4. The zero-order valence-corrected chi connectivity index (χ0v) is 50.1. The predicted octanol–water partition coefficient (Wildman–Crippen LogP) is 11.9. The summed E-state index contributed by atoms with van der Waals surface area (Å²) in [4.78, 5) is 5.24. The first-order chi connectivity index (χ1) is 39.5. The first kappa shape index (κ1) is 59.2. The fourth-order valence-electron chi connectivity index (χ4n) is 18.0. The van der Waals surface area contributed by atoms with E-state index in [1.54, 1.807) is 13.2 Å². The molecule has 5 aliphatic carbocycles. The zero-order chi connectivity index (χ0) is 57.5. The van der Waals surface area contributed by atoms with Crippen molar-refractivity contribution in [3.63, 3.8) is 0 Å². The Morgan fingerprint density at radius 3 is 2.43 bits per heavy atom. The van der Waals surface area contributed by atoms with Crippen molar-refractivity contribution in [1.82, 2.24) is 5.32 Å². The Morgan fingerprint density at radius 1 is 0.841 bits per heavy atom. The summed E-state index contributed by atoms with van der Waals surface area (Å²) in [5.41, 5.74) is 12.4. The van der Waals surface area contributed by atoms with Gasteiger partial charge in [-0.15, -0.1) is 0 Å². The summed E-state index contributed by atoms with van der Waals surface area (Å²) in [5, 5.41) is 75.1. The number of fused-ring (bicyclic) bond motifs is 2. The molecule has 0 amide bonds. The van der Waals surface area contributed by atoms with Crippen LogP contribution in [0, 0.1) is 52.3 Å². The molecule has 4 fully saturated rings. The first-order valence-electron chi connectivity index (χ1n) is 32.3. The minimum absolute atomic E-state index is 0.000144. The van der Waals surface area contributed by atoms with Gasteiger partial charge in [-0.25, -0.2) is 0 Å². The van der Waals surface area contributed by atoms with E-state index >= 15 is 0 Å². The molecule has 0 radical (unpaired) electrons. The first-order valence-corrected chi connectivity index (χ1v) is 32.3. The monoisotopic (exact) mass is 1130 g/mol. The fraction of sp³-hybridized carbons (Fsp3) is 0.696. The van der Waals surface area contributed by atoms with Gasteiger partial charge in [0.15, 0.2) is 17.5 Å². The molecule has 450 valence electrons. The fourth-order valence-corrected chi connectivity index (χ4v) is 18.0. The molecule has 3 saturated carbocycles. The number of nitrogens with zero attached hydrogens (tertiary/aromatic N) is 1. The molecular weight excluding hydrogens is 1030 g/mol. The van der Waals surface area contributed by atoms with E-state index in [1.807, 2.05) is 24.3 Å². The minimum atomic E-state index is -0.931. The molecule has 13 heteroatoms. The van der Waals surface area contributed by atoms with Gasteiger partial charge in [0.05, 0.1) is 31.0 Å². The number of benzene rings is 3. The molecule has 2 spiro atoms. The number of unbranched alkanes of at least 4 members (excludes halogenated alkanes) is 2. The number of phenols is 2. The van der Waals surface area contributed by atoms with Gasteiger partial charge in [-0.2, -0.15) is 0 Å². The number of methoxy groups -OCH3 is 1. The van der Waals surface area contributed by atoms with E-state index in [0.29, 0.717) is 98.2 Å². The van der Waals surface area contributed by atoms with Gasteiger partial charge in [0, 0.05) is 55.8 Å². The van der Waals surface area contributed by atoms with Crippen molar-refractivity contribution < 1.29 is 49.6 Å². The van der Waals surface area contributed by atoms with Gasteiger partial charge in [-0.3, -0.25) is 4.99 Å². The molecule has 11 aliphatic rings. The summed E-state index contributed by atoms with van der Waals surface area (Å²) < 4.78 is 26.9. The minimum Gasteiger partial charge on any atom is -0.508 e. The quantitative estimate of drug-likeness (QED) is 0.0705. The number of nitrogens with two attached hydrogens (primary N) is 1. The third kappa shape index (κ3) is 11.7. The van der Waals surface area contributed by atoms with Crippen molar-refractivity contribution in [1.29, 1.82) is 0 Å². The number of aliphatic hydroxyl groups is 4. The maximum Gasteiger partial charge on any atom is 0.188 e. The van der Waals surface area contributed by atoms with Crippen molar-refractivity contribution >= 4 is 5.96 Å². The Bertz CT molecular complexity index is 2770. The van der Waals surface area contributed by atoms with Crippen LogP contribution in [0.3, 0.4) is 0 Å². The molecule has 9 N–H and O–H groups in total. The lowest BCUT2D eigenvalue weighted by atomic mass is 9.56. The number of hydrogen-bond acceptors (Lipinski definition) is 13. The topological polar surface area (TPSA) is 209 Å². The van der Waals surface area contributed by atoms with Gasteiger partial charge >= 0.3 is 0 Å². The van der Waals surface area contributed by atoms with E-state index in [0.717, 1.165) is 143 Å². The number of hydrogen-bond donors (Lipinski definition) is 8. The largest absolute Gasteiger partial charge is 0.508 e. The van der Waals surface area contributed by atoms with Gasteiger partial charge < -0.3 is 60.6 Å². The molecular formula is C69H99N3O10. The maximum atomic E-state index is 13.0. The number of aliphatic hydroxyl groups excluding tert-OH is 3. The average Bonchev–Trinajstić information content (AvgIpc) is 2.62. The smallest absolute Gasteiger partial charge is 0.188 e. The van der Waals surface area contributed by atoms with Gasteiger partial charge in [0.25, 0.3) is 0 Å². The molecule has 13 nitrogen and oxygen atoms in total. The standard InChI is InChI=1S/C69H99N3O10/c1-6-7-8-13-42(4)51-30-44-17-16-43(51)29-49(74)37-68(22-12-21-67(68)25-27-80-62(38-67)69(78)23-9-10-24-69)40-72-66(70)71-26-20-50-46(39-73)14-11-15-58(50)81-60-34-45(18-19-55(60)75)65-57(77)35-54-59(82-65)36-61(79-5)64-53-32-48(28-41(2)3)56(76)33-47(53)31-52(44)63(54)64/h16-19,32-34,36,41-44,46,49-52,57-58,62,65,73-78H,6-15,20-31,35,37-40H2,1-5H3,(H3,70,71,72). The maximum absolute atomic E-state index is 13.0. The van der Waals surface area contributed by atoms with Crippen LogP contribution in [0.1, 0.15) is 196 Å². The van der Waals surface area contributed by atoms with Crippen LogP contribution in [0.4, 0.5) is 0 Å². The summed E-state index contributed by atoms with van der Waals surface area (Å²) in [6, 6.07) is 11.4. The highest BCUT2D eigenvalue weighted by molar-refractivity contribution is 5.84. The van der Waals surface area contributed by atoms with Crippen LogP contribution in [0.2, 0.25) is 0 Å². The normalized spacial score (nSPS) is 34.0. The number of ether oxygens (including phenoxy) is 4. The molecule has 14 atom stereocenters. The van der Waals surface area contributed by atoms with Crippen LogP contribution in [0.25, 0.3) is 11.1 Å². The second-order valence-electron chi connectivity index (χ2n) is 27.8. The highest BCUT2D eigenvalue weighted by Gasteiger charge is 2.59. The van der Waals surface area contributed by atoms with E-state index in [-0.39, 0.29) is 70.9 Å². The number of rotatable bonds is 10. The Hall–Kier alpha value is -4.53. The Morgan fingerprint density at radius 2 is 1.65 bits per heavy atom. The van der Waals surface area contributed by atoms with Gasteiger partial charge in [0.1, 0.15) is 29.5 Å². The van der Waals surface area contributed by atoms with Crippen LogP contribution in [-0.4, -0.2) is 100 Å². The van der Waals surface area contributed by atoms with Crippen molar-refractivity contribution in [2.45, 2.75) is 217 Å². The molecule has 3 aromatic rings. The van der Waals surface area contributed by atoms with Crippen LogP contribution in [0.15, 0.2) is 53.5 Å². The number of aliphatic imine (C=N–C) groups is 1. The molecule has 8 bridgehead atoms. The highest BCUT2D eigenvalue weighted by atomic mass is 16.5. The Labute approximate surface area is 488 Å². The second kappa shape index (κ2) is 24.8.